The number of nitrogens with zero attached hydrogens (tertiary/aromatic N) is 3. The molecule has 1 saturated carbocycles. The number of aromatic nitrogens is 2. The summed E-state index contributed by atoms with van der Waals surface area (Å²) in [5.74, 6) is 0.631. The van der Waals surface area contributed by atoms with E-state index in [0.717, 1.165) is 11.4 Å². The van der Waals surface area contributed by atoms with Crippen molar-refractivity contribution in [3.05, 3.63) is 47.3 Å². The van der Waals surface area contributed by atoms with Gasteiger partial charge < -0.3 is 0 Å². The standard InChI is InChI=1S/C15H15N3/c1-11-2-6-14(7-3-11)18-15(12-4-5-12)10-13(17-18)8-9-16/h2-3,6-7,10,12H,4-5,8H2,1H3. The molecule has 1 heterocycles. The molecule has 0 atom stereocenters. The van der Waals surface area contributed by atoms with Gasteiger partial charge in [0.15, 0.2) is 0 Å². The second-order valence-corrected chi connectivity index (χ2v) is 4.92. The summed E-state index contributed by atoms with van der Waals surface area (Å²) in [6.45, 7) is 2.08. The average molecular weight is 237 g/mol. The number of benzene rings is 1. The largest absolute Gasteiger partial charge is 0.237 e. The zero-order chi connectivity index (χ0) is 12.5. The second kappa shape index (κ2) is 4.30. The Kier molecular flexibility index (Phi) is 2.64. The van der Waals surface area contributed by atoms with Gasteiger partial charge in [0.05, 0.1) is 23.9 Å². The lowest BCUT2D eigenvalue weighted by molar-refractivity contribution is 0.794. The van der Waals surface area contributed by atoms with E-state index < -0.39 is 0 Å². The number of nitriles is 1. The molecule has 1 aromatic carbocycles. The van der Waals surface area contributed by atoms with E-state index in [-0.39, 0.29) is 0 Å². The van der Waals surface area contributed by atoms with E-state index in [0.29, 0.717) is 12.3 Å². The van der Waals surface area contributed by atoms with Crippen LogP contribution in [0.4, 0.5) is 0 Å². The summed E-state index contributed by atoms with van der Waals surface area (Å²) in [6, 6.07) is 12.6. The summed E-state index contributed by atoms with van der Waals surface area (Å²) in [7, 11) is 0. The van der Waals surface area contributed by atoms with Crippen LogP contribution in [0.2, 0.25) is 0 Å². The third kappa shape index (κ3) is 2.02. The van der Waals surface area contributed by atoms with E-state index in [2.05, 4.69) is 48.4 Å². The predicted molar refractivity (Wildman–Crippen MR) is 69.6 cm³/mol. The van der Waals surface area contributed by atoms with Crippen molar-refractivity contribution in [2.24, 2.45) is 0 Å². The fourth-order valence-corrected chi connectivity index (χ4v) is 2.18. The maximum absolute atomic E-state index is 8.78. The number of aryl methyl sites for hydroxylation is 1. The lowest BCUT2D eigenvalue weighted by Crippen LogP contribution is -2.01. The third-order valence-electron chi connectivity index (χ3n) is 3.32. The van der Waals surface area contributed by atoms with Gasteiger partial charge in [0.1, 0.15) is 0 Å². The summed E-state index contributed by atoms with van der Waals surface area (Å²) in [5, 5.41) is 13.3. The van der Waals surface area contributed by atoms with Crippen LogP contribution in [0.25, 0.3) is 5.69 Å². The van der Waals surface area contributed by atoms with E-state index in [1.54, 1.807) is 0 Å². The van der Waals surface area contributed by atoms with Crippen LogP contribution in [-0.4, -0.2) is 9.78 Å². The summed E-state index contributed by atoms with van der Waals surface area (Å²) in [6.07, 6.45) is 2.87. The normalized spacial score (nSPS) is 14.4. The zero-order valence-electron chi connectivity index (χ0n) is 10.4. The predicted octanol–water partition coefficient (Wildman–Crippen LogP) is 3.12. The Morgan fingerprint density at radius 2 is 2.06 bits per heavy atom. The highest BCUT2D eigenvalue weighted by atomic mass is 15.3. The van der Waals surface area contributed by atoms with Crippen molar-refractivity contribution in [3.63, 3.8) is 0 Å². The Labute approximate surface area is 107 Å². The van der Waals surface area contributed by atoms with Crippen molar-refractivity contribution in [3.8, 4) is 11.8 Å². The minimum atomic E-state index is 0.387. The van der Waals surface area contributed by atoms with Crippen LogP contribution in [-0.2, 0) is 6.42 Å². The molecule has 0 aliphatic heterocycles. The molecule has 1 fully saturated rings. The van der Waals surface area contributed by atoms with E-state index in [4.69, 9.17) is 5.26 Å². The molecule has 0 bridgehead atoms. The van der Waals surface area contributed by atoms with Gasteiger partial charge in [0.2, 0.25) is 0 Å². The van der Waals surface area contributed by atoms with Crippen LogP contribution in [0.5, 0.6) is 0 Å². The molecule has 3 rings (SSSR count). The molecule has 90 valence electrons. The summed E-state index contributed by atoms with van der Waals surface area (Å²) in [4.78, 5) is 0. The minimum absolute atomic E-state index is 0.387. The molecule has 3 heteroatoms. The van der Waals surface area contributed by atoms with Crippen LogP contribution >= 0.6 is 0 Å². The highest BCUT2D eigenvalue weighted by molar-refractivity contribution is 5.37. The lowest BCUT2D eigenvalue weighted by Gasteiger charge is -2.06. The van der Waals surface area contributed by atoms with Crippen LogP contribution in [0.1, 0.15) is 35.7 Å². The fraction of sp³-hybridized carbons (Fsp3) is 0.333. The number of hydrogen-bond donors (Lipinski definition) is 0. The van der Waals surface area contributed by atoms with Gasteiger partial charge in [-0.05, 0) is 38.0 Å². The number of rotatable bonds is 3. The molecule has 0 saturated heterocycles. The first-order valence-electron chi connectivity index (χ1n) is 6.31. The Morgan fingerprint density at radius 3 is 2.67 bits per heavy atom. The quantitative estimate of drug-likeness (QED) is 0.823. The van der Waals surface area contributed by atoms with Gasteiger partial charge in [0, 0.05) is 11.6 Å². The molecule has 1 aromatic heterocycles. The molecule has 1 aliphatic carbocycles. The zero-order valence-corrected chi connectivity index (χ0v) is 10.4. The molecule has 0 radical (unpaired) electrons. The van der Waals surface area contributed by atoms with E-state index in [1.165, 1.54) is 24.1 Å². The van der Waals surface area contributed by atoms with E-state index in [9.17, 15) is 0 Å². The second-order valence-electron chi connectivity index (χ2n) is 4.92. The molecule has 0 amide bonds. The van der Waals surface area contributed by atoms with Gasteiger partial charge in [-0.1, -0.05) is 17.7 Å². The van der Waals surface area contributed by atoms with E-state index >= 15 is 0 Å². The van der Waals surface area contributed by atoms with Crippen molar-refractivity contribution >= 4 is 0 Å². The van der Waals surface area contributed by atoms with Gasteiger partial charge >= 0.3 is 0 Å². The van der Waals surface area contributed by atoms with Crippen molar-refractivity contribution in [2.75, 3.05) is 0 Å². The molecular formula is C15H15N3. The van der Waals surface area contributed by atoms with Crippen LogP contribution in [0.15, 0.2) is 30.3 Å². The topological polar surface area (TPSA) is 41.6 Å². The molecule has 0 spiro atoms. The molecule has 3 nitrogen and oxygen atoms in total. The van der Waals surface area contributed by atoms with Gasteiger partial charge in [-0.15, -0.1) is 0 Å². The average Bonchev–Trinajstić information content (AvgIpc) is 3.13. The summed E-state index contributed by atoms with van der Waals surface area (Å²) < 4.78 is 2.00. The van der Waals surface area contributed by atoms with Gasteiger partial charge in [0.25, 0.3) is 0 Å². The van der Waals surface area contributed by atoms with Gasteiger partial charge in [-0.3, -0.25) is 0 Å². The molecule has 18 heavy (non-hydrogen) atoms. The van der Waals surface area contributed by atoms with Crippen LogP contribution in [0, 0.1) is 18.3 Å². The first kappa shape index (κ1) is 11.0. The Hall–Kier alpha value is -2.08. The SMILES string of the molecule is Cc1ccc(-n2nc(CC#N)cc2C2CC2)cc1. The third-order valence-corrected chi connectivity index (χ3v) is 3.32. The highest BCUT2D eigenvalue weighted by Gasteiger charge is 2.28. The van der Waals surface area contributed by atoms with Gasteiger partial charge in [-0.25, -0.2) is 4.68 Å². The highest BCUT2D eigenvalue weighted by Crippen LogP contribution is 2.41. The molecular weight excluding hydrogens is 222 g/mol. The Balaban J connectivity index is 2.04. The van der Waals surface area contributed by atoms with Gasteiger partial charge in [-0.2, -0.15) is 10.4 Å². The van der Waals surface area contributed by atoms with Crippen molar-refractivity contribution in [1.29, 1.82) is 5.26 Å². The minimum Gasteiger partial charge on any atom is -0.237 e. The molecule has 0 N–H and O–H groups in total. The van der Waals surface area contributed by atoms with Crippen molar-refractivity contribution in [2.45, 2.75) is 32.1 Å². The molecule has 1 aliphatic rings. The van der Waals surface area contributed by atoms with Crippen LogP contribution in [0.3, 0.4) is 0 Å². The van der Waals surface area contributed by atoms with Crippen molar-refractivity contribution < 1.29 is 0 Å². The smallest absolute Gasteiger partial charge is 0.0793 e. The first-order valence-corrected chi connectivity index (χ1v) is 6.31. The fourth-order valence-electron chi connectivity index (χ4n) is 2.18. The van der Waals surface area contributed by atoms with Crippen LogP contribution < -0.4 is 0 Å². The first-order chi connectivity index (χ1) is 8.78. The monoisotopic (exact) mass is 237 g/mol. The summed E-state index contributed by atoms with van der Waals surface area (Å²) >= 11 is 0. The van der Waals surface area contributed by atoms with Crippen molar-refractivity contribution in [1.82, 2.24) is 9.78 Å². The Bertz CT molecular complexity index is 598. The molecule has 0 unspecified atom stereocenters. The summed E-state index contributed by atoms with van der Waals surface area (Å²) in [5.41, 5.74) is 4.46. The van der Waals surface area contributed by atoms with E-state index in [1.807, 2.05) is 4.68 Å². The number of hydrogen-bond acceptors (Lipinski definition) is 2. The molecule has 2 aromatic rings. The lowest BCUT2D eigenvalue weighted by atomic mass is 10.2. The maximum Gasteiger partial charge on any atom is 0.0793 e. The maximum atomic E-state index is 8.78. The Morgan fingerprint density at radius 1 is 1.33 bits per heavy atom.